The molecule has 0 saturated carbocycles. The van der Waals surface area contributed by atoms with E-state index in [1.165, 1.54) is 0 Å². The predicted molar refractivity (Wildman–Crippen MR) is 133 cm³/mol. The number of nitrogens with zero attached hydrogens (tertiary/aromatic N) is 2. The quantitative estimate of drug-likeness (QED) is 0.258. The Morgan fingerprint density at radius 2 is 1.75 bits per heavy atom. The molecule has 0 atom stereocenters. The fourth-order valence-electron chi connectivity index (χ4n) is 3.86. The molecule has 2 heterocycles. The molecule has 1 aliphatic rings. The zero-order chi connectivity index (χ0) is 25.7. The second kappa shape index (κ2) is 10.7. The fraction of sp³-hybridized carbons (Fsp3) is 0.172. The molecule has 0 unspecified atom stereocenters. The van der Waals surface area contributed by atoms with Crippen molar-refractivity contribution in [2.24, 2.45) is 0 Å². The standard InChI is InChI=1S/C29H24N2O5/c1-3-15-31-27(32)24(19(2)25(17-30)28(31)33)16-23-13-14-26(36-23)21-9-11-22(12-10-21)29(34)35-18-20-7-5-4-6-8-20/h4-14,16H,3,15,18H2,1-2H3/b24-16-. The van der Waals surface area contributed by atoms with Crippen molar-refractivity contribution in [3.05, 3.63) is 100 Å². The second-order valence-electron chi connectivity index (χ2n) is 8.27. The van der Waals surface area contributed by atoms with E-state index >= 15 is 0 Å². The lowest BCUT2D eigenvalue weighted by Crippen LogP contribution is -2.43. The van der Waals surface area contributed by atoms with E-state index < -0.39 is 17.8 Å². The summed E-state index contributed by atoms with van der Waals surface area (Å²) in [6, 6.07) is 21.6. The second-order valence-corrected chi connectivity index (χ2v) is 8.27. The van der Waals surface area contributed by atoms with Crippen molar-refractivity contribution in [3.8, 4) is 17.4 Å². The molecule has 180 valence electrons. The van der Waals surface area contributed by atoms with E-state index in [4.69, 9.17) is 9.15 Å². The number of esters is 1. The molecule has 1 aromatic heterocycles. The summed E-state index contributed by atoms with van der Waals surface area (Å²) in [6.07, 6.45) is 2.13. The molecule has 0 spiro atoms. The molecule has 0 N–H and O–H groups in total. The van der Waals surface area contributed by atoms with E-state index in [1.54, 1.807) is 49.4 Å². The van der Waals surface area contributed by atoms with Gasteiger partial charge in [0.2, 0.25) is 0 Å². The molecule has 0 fully saturated rings. The Morgan fingerprint density at radius 3 is 2.42 bits per heavy atom. The zero-order valence-electron chi connectivity index (χ0n) is 20.0. The van der Waals surface area contributed by atoms with Crippen molar-refractivity contribution in [2.45, 2.75) is 26.9 Å². The first-order chi connectivity index (χ1) is 17.4. The number of imide groups is 1. The van der Waals surface area contributed by atoms with Gasteiger partial charge in [-0.05, 0) is 54.8 Å². The number of furan rings is 1. The van der Waals surface area contributed by atoms with Gasteiger partial charge in [-0.2, -0.15) is 5.26 Å². The number of benzene rings is 2. The SMILES string of the molecule is CCCN1C(=O)C(C#N)=C(C)/C(=C/c2ccc(-c3ccc(C(=O)OCc4ccccc4)cc3)o2)C1=O. The molecule has 4 rings (SSSR count). The summed E-state index contributed by atoms with van der Waals surface area (Å²) in [5, 5.41) is 9.44. The van der Waals surface area contributed by atoms with Crippen LogP contribution in [0.5, 0.6) is 0 Å². The summed E-state index contributed by atoms with van der Waals surface area (Å²) in [5.41, 5.74) is 2.60. The van der Waals surface area contributed by atoms with Crippen molar-refractivity contribution < 1.29 is 23.5 Å². The topological polar surface area (TPSA) is 101 Å². The number of rotatable bonds is 7. The van der Waals surface area contributed by atoms with Crippen molar-refractivity contribution in [1.82, 2.24) is 4.90 Å². The van der Waals surface area contributed by atoms with Gasteiger partial charge in [0.15, 0.2) is 0 Å². The first-order valence-corrected chi connectivity index (χ1v) is 11.5. The zero-order valence-corrected chi connectivity index (χ0v) is 20.0. The van der Waals surface area contributed by atoms with E-state index in [0.717, 1.165) is 16.0 Å². The lowest BCUT2D eigenvalue weighted by atomic mass is 9.94. The number of carbonyl (C=O) groups excluding carboxylic acids is 3. The van der Waals surface area contributed by atoms with Crippen LogP contribution in [0.25, 0.3) is 17.4 Å². The Kier molecular flexibility index (Phi) is 7.26. The van der Waals surface area contributed by atoms with Crippen LogP contribution in [0.2, 0.25) is 0 Å². The number of amides is 2. The van der Waals surface area contributed by atoms with Gasteiger partial charge in [-0.1, -0.05) is 49.4 Å². The highest BCUT2D eigenvalue weighted by Crippen LogP contribution is 2.29. The van der Waals surface area contributed by atoms with Crippen molar-refractivity contribution >= 4 is 23.9 Å². The molecule has 7 heteroatoms. The molecular formula is C29H24N2O5. The minimum atomic E-state index is -0.568. The maximum Gasteiger partial charge on any atom is 0.338 e. The van der Waals surface area contributed by atoms with E-state index in [0.29, 0.717) is 29.1 Å². The van der Waals surface area contributed by atoms with Crippen LogP contribution in [0.1, 0.15) is 41.9 Å². The van der Waals surface area contributed by atoms with E-state index in [2.05, 4.69) is 0 Å². The maximum absolute atomic E-state index is 12.9. The molecule has 1 aliphatic heterocycles. The highest BCUT2D eigenvalue weighted by molar-refractivity contribution is 6.19. The summed E-state index contributed by atoms with van der Waals surface area (Å²) >= 11 is 0. The third kappa shape index (κ3) is 5.03. The summed E-state index contributed by atoms with van der Waals surface area (Å²) < 4.78 is 11.3. The molecular weight excluding hydrogens is 456 g/mol. The van der Waals surface area contributed by atoms with Crippen LogP contribution in [0.3, 0.4) is 0 Å². The number of carbonyl (C=O) groups is 3. The van der Waals surface area contributed by atoms with E-state index in [1.807, 2.05) is 43.3 Å². The average molecular weight is 481 g/mol. The number of ether oxygens (including phenoxy) is 1. The van der Waals surface area contributed by atoms with Crippen LogP contribution in [0.4, 0.5) is 0 Å². The van der Waals surface area contributed by atoms with Crippen LogP contribution >= 0.6 is 0 Å². The highest BCUT2D eigenvalue weighted by atomic mass is 16.5. The van der Waals surface area contributed by atoms with Gasteiger partial charge in [0.25, 0.3) is 11.8 Å². The summed E-state index contributed by atoms with van der Waals surface area (Å²) in [4.78, 5) is 38.9. The Hall–Kier alpha value is -4.70. The van der Waals surface area contributed by atoms with Crippen LogP contribution in [-0.2, 0) is 20.9 Å². The Bertz CT molecular complexity index is 1410. The van der Waals surface area contributed by atoms with Gasteiger partial charge in [-0.25, -0.2) is 4.79 Å². The van der Waals surface area contributed by atoms with Gasteiger partial charge in [-0.3, -0.25) is 14.5 Å². The molecule has 0 radical (unpaired) electrons. The van der Waals surface area contributed by atoms with Crippen molar-refractivity contribution in [2.75, 3.05) is 6.54 Å². The summed E-state index contributed by atoms with van der Waals surface area (Å²) in [7, 11) is 0. The van der Waals surface area contributed by atoms with Crippen LogP contribution in [0, 0.1) is 11.3 Å². The highest BCUT2D eigenvalue weighted by Gasteiger charge is 2.35. The van der Waals surface area contributed by atoms with Crippen LogP contribution in [0.15, 0.2) is 87.9 Å². The van der Waals surface area contributed by atoms with E-state index in [-0.39, 0.29) is 24.3 Å². The van der Waals surface area contributed by atoms with Gasteiger partial charge >= 0.3 is 5.97 Å². The predicted octanol–water partition coefficient (Wildman–Crippen LogP) is 5.31. The molecule has 7 nitrogen and oxygen atoms in total. The number of hydrogen-bond donors (Lipinski definition) is 0. The monoisotopic (exact) mass is 480 g/mol. The first kappa shape index (κ1) is 24.4. The lowest BCUT2D eigenvalue weighted by Gasteiger charge is -2.26. The molecule has 0 bridgehead atoms. The summed E-state index contributed by atoms with van der Waals surface area (Å²) in [5.74, 6) is -0.496. The number of hydrogen-bond acceptors (Lipinski definition) is 6. The van der Waals surface area contributed by atoms with Crippen LogP contribution in [-0.4, -0.2) is 29.2 Å². The Morgan fingerprint density at radius 1 is 1.03 bits per heavy atom. The molecule has 36 heavy (non-hydrogen) atoms. The summed E-state index contributed by atoms with van der Waals surface area (Å²) in [6.45, 7) is 3.87. The first-order valence-electron chi connectivity index (χ1n) is 11.5. The third-order valence-electron chi connectivity index (χ3n) is 5.80. The minimum absolute atomic E-state index is 0.0455. The molecule has 2 aromatic carbocycles. The van der Waals surface area contributed by atoms with Crippen molar-refractivity contribution in [3.63, 3.8) is 0 Å². The Balaban J connectivity index is 1.52. The lowest BCUT2D eigenvalue weighted by molar-refractivity contribution is -0.140. The minimum Gasteiger partial charge on any atom is -0.457 e. The largest absolute Gasteiger partial charge is 0.457 e. The maximum atomic E-state index is 12.9. The molecule has 0 aliphatic carbocycles. The van der Waals surface area contributed by atoms with E-state index in [9.17, 15) is 19.6 Å². The van der Waals surface area contributed by atoms with Gasteiger partial charge in [-0.15, -0.1) is 0 Å². The number of nitriles is 1. The van der Waals surface area contributed by atoms with Gasteiger partial charge in [0, 0.05) is 17.7 Å². The van der Waals surface area contributed by atoms with Crippen LogP contribution < -0.4 is 0 Å². The molecule has 0 saturated heterocycles. The van der Waals surface area contributed by atoms with Gasteiger partial charge < -0.3 is 9.15 Å². The molecule has 3 aromatic rings. The van der Waals surface area contributed by atoms with Crippen molar-refractivity contribution in [1.29, 1.82) is 5.26 Å². The normalized spacial score (nSPS) is 14.8. The Labute approximate surface area is 208 Å². The smallest absolute Gasteiger partial charge is 0.338 e. The molecule has 2 amide bonds. The third-order valence-corrected chi connectivity index (χ3v) is 5.80. The van der Waals surface area contributed by atoms with Gasteiger partial charge in [0.05, 0.1) is 5.56 Å². The van der Waals surface area contributed by atoms with Gasteiger partial charge in [0.1, 0.15) is 29.8 Å². The fourth-order valence-corrected chi connectivity index (χ4v) is 3.86. The average Bonchev–Trinajstić information content (AvgIpc) is 3.37.